The number of carbonyl (C=O) groups is 2. The number of aromatic nitrogens is 1. The molecule has 1 amide bonds. The highest BCUT2D eigenvalue weighted by Gasteiger charge is 2.28. The molecule has 4 aromatic carbocycles. The van der Waals surface area contributed by atoms with E-state index in [1.54, 1.807) is 61.6 Å². The summed E-state index contributed by atoms with van der Waals surface area (Å²) in [6, 6.07) is 27.9. The minimum atomic E-state index is -1.18. The van der Waals surface area contributed by atoms with Gasteiger partial charge in [0.05, 0.1) is 30.1 Å². The summed E-state index contributed by atoms with van der Waals surface area (Å²) in [5.74, 6) is -1.61. The number of aromatic carboxylic acids is 1. The van der Waals surface area contributed by atoms with Crippen LogP contribution in [0, 0.1) is 0 Å². The molecule has 0 saturated heterocycles. The summed E-state index contributed by atoms with van der Waals surface area (Å²) < 4.78 is 13.2. The third-order valence-corrected chi connectivity index (χ3v) is 9.93. The highest BCUT2D eigenvalue weighted by molar-refractivity contribution is 6.11. The number of carboxylic acids is 1. The molecular weight excluding hydrogens is 741 g/mol. The Balaban J connectivity index is 1.02. The number of benzene rings is 5. The van der Waals surface area contributed by atoms with Gasteiger partial charge in [0, 0.05) is 65.5 Å². The van der Waals surface area contributed by atoms with E-state index in [0.29, 0.717) is 63.1 Å². The maximum absolute atomic E-state index is 14.1. The van der Waals surface area contributed by atoms with Crippen molar-refractivity contribution in [2.75, 3.05) is 36.5 Å². The fourth-order valence-electron chi connectivity index (χ4n) is 7.14. The van der Waals surface area contributed by atoms with Crippen molar-refractivity contribution in [2.45, 2.75) is 13.3 Å². The van der Waals surface area contributed by atoms with Gasteiger partial charge in [-0.3, -0.25) is 14.4 Å². The molecule has 0 spiro atoms. The highest BCUT2D eigenvalue weighted by atomic mass is 16.5. The lowest BCUT2D eigenvalue weighted by atomic mass is 9.90. The predicted molar refractivity (Wildman–Crippen MR) is 223 cm³/mol. The van der Waals surface area contributed by atoms with Gasteiger partial charge in [-0.2, -0.15) is 0 Å². The van der Waals surface area contributed by atoms with E-state index in [2.05, 4.69) is 17.2 Å². The topological polar surface area (TPSA) is 184 Å². The number of aryl methyl sites for hydroxylation is 2. The number of nitrogens with zero attached hydrogens (tertiary/aromatic N) is 2. The summed E-state index contributed by atoms with van der Waals surface area (Å²) in [5.41, 5.74) is 2.82. The third kappa shape index (κ3) is 7.58. The molecule has 0 bridgehead atoms. The zero-order valence-corrected chi connectivity index (χ0v) is 31.7. The van der Waals surface area contributed by atoms with Gasteiger partial charge >= 0.3 is 5.97 Å². The number of carbonyl (C=O) groups excluding carboxylic acids is 1. The van der Waals surface area contributed by atoms with Gasteiger partial charge in [-0.05, 0) is 72.1 Å². The van der Waals surface area contributed by atoms with Crippen LogP contribution in [0.1, 0.15) is 33.2 Å². The summed E-state index contributed by atoms with van der Waals surface area (Å²) in [5, 5.41) is 39.0. The molecule has 13 heteroatoms. The van der Waals surface area contributed by atoms with E-state index < -0.39 is 17.4 Å². The average molecular weight is 781 g/mol. The number of ether oxygens (including phenoxy) is 1. The van der Waals surface area contributed by atoms with E-state index in [1.165, 1.54) is 39.8 Å². The van der Waals surface area contributed by atoms with Crippen molar-refractivity contribution in [3.63, 3.8) is 0 Å². The monoisotopic (exact) mass is 780 g/mol. The van der Waals surface area contributed by atoms with Crippen LogP contribution in [0.2, 0.25) is 0 Å². The molecule has 0 fully saturated rings. The maximum Gasteiger partial charge on any atom is 0.336 e. The molecule has 5 N–H and O–H groups in total. The quantitative estimate of drug-likeness (QED) is 0.0570. The molecule has 5 aromatic rings. The number of para-hydroxylation sites is 1. The Hall–Kier alpha value is -7.38. The molecule has 0 radical (unpaired) electrons. The fourth-order valence-corrected chi connectivity index (χ4v) is 7.14. The van der Waals surface area contributed by atoms with E-state index in [-0.39, 0.29) is 59.2 Å². The number of aromatic hydroxyl groups is 2. The van der Waals surface area contributed by atoms with Gasteiger partial charge in [0.1, 0.15) is 28.4 Å². The lowest BCUT2D eigenvalue weighted by Gasteiger charge is -2.24. The average Bonchev–Trinajstić information content (AvgIpc) is 3.21. The second kappa shape index (κ2) is 16.4. The number of amides is 1. The Morgan fingerprint density at radius 3 is 2.43 bits per heavy atom. The van der Waals surface area contributed by atoms with E-state index in [4.69, 9.17) is 9.15 Å². The van der Waals surface area contributed by atoms with Crippen molar-refractivity contribution in [2.24, 2.45) is 7.05 Å². The van der Waals surface area contributed by atoms with Gasteiger partial charge in [-0.1, -0.05) is 49.9 Å². The molecule has 2 aliphatic rings. The summed E-state index contributed by atoms with van der Waals surface area (Å²) in [6.45, 7) is 6.65. The van der Waals surface area contributed by atoms with Crippen LogP contribution in [0.15, 0.2) is 130 Å². The minimum Gasteiger partial charge on any atom is -0.508 e. The number of rotatable bonds is 14. The zero-order chi connectivity index (χ0) is 41.1. The van der Waals surface area contributed by atoms with E-state index in [1.807, 2.05) is 25.1 Å². The molecule has 1 aliphatic carbocycles. The Bertz CT molecular complexity index is 2810. The Labute approximate surface area is 332 Å². The van der Waals surface area contributed by atoms with E-state index in [0.717, 1.165) is 5.56 Å². The highest BCUT2D eigenvalue weighted by Crippen LogP contribution is 2.42. The first-order valence-corrected chi connectivity index (χ1v) is 18.5. The third-order valence-electron chi connectivity index (χ3n) is 9.93. The number of fused-ring (bicyclic) bond motifs is 3. The first-order valence-electron chi connectivity index (χ1n) is 18.5. The van der Waals surface area contributed by atoms with Crippen LogP contribution in [-0.4, -0.2) is 58.1 Å². The molecule has 58 heavy (non-hydrogen) atoms. The molecule has 7 rings (SSSR count). The van der Waals surface area contributed by atoms with Crippen molar-refractivity contribution < 1.29 is 34.1 Å². The molecule has 1 aromatic heterocycles. The predicted octanol–water partition coefficient (Wildman–Crippen LogP) is 6.92. The molecule has 0 saturated carbocycles. The first-order chi connectivity index (χ1) is 28.0. The van der Waals surface area contributed by atoms with Crippen LogP contribution >= 0.6 is 0 Å². The first kappa shape index (κ1) is 38.9. The van der Waals surface area contributed by atoms with Crippen LogP contribution in [0.25, 0.3) is 44.3 Å². The van der Waals surface area contributed by atoms with Crippen LogP contribution in [0.3, 0.4) is 0 Å². The van der Waals surface area contributed by atoms with Crippen LogP contribution < -0.4 is 26.5 Å². The number of phenols is 1. The lowest BCUT2D eigenvalue weighted by Crippen LogP contribution is -2.39. The van der Waals surface area contributed by atoms with Crippen LogP contribution in [0.4, 0.5) is 11.4 Å². The van der Waals surface area contributed by atoms with Gasteiger partial charge in [0.25, 0.3) is 11.5 Å². The zero-order valence-electron chi connectivity index (χ0n) is 31.7. The minimum absolute atomic E-state index is 0.0209. The van der Waals surface area contributed by atoms with Gasteiger partial charge in [0.15, 0.2) is 5.43 Å². The second-order valence-electron chi connectivity index (χ2n) is 13.6. The maximum atomic E-state index is 14.1. The molecule has 13 nitrogen and oxygen atoms in total. The van der Waals surface area contributed by atoms with Gasteiger partial charge < -0.3 is 44.6 Å². The van der Waals surface area contributed by atoms with E-state index in [9.17, 15) is 34.5 Å². The number of anilines is 2. The van der Waals surface area contributed by atoms with Gasteiger partial charge in [-0.15, -0.1) is 0 Å². The number of hydrogen-bond donors (Lipinski definition) is 5. The SMILES string of the molecule is C=C(NCCOCCN(C(=O)c1c(O)c2c(CC)cccc2n(C)c1=O)c1ccccc1)Nc1ccc(-c2c3ccc(=O)cc-3oc3cc(O)ccc23)c(C(=O)O)c1. The number of phenolic OH excluding ortho intramolecular Hbond substituents is 1. The van der Waals surface area contributed by atoms with Crippen molar-refractivity contribution in [1.82, 2.24) is 9.88 Å². The van der Waals surface area contributed by atoms with Crippen LogP contribution in [0.5, 0.6) is 11.5 Å². The van der Waals surface area contributed by atoms with Gasteiger partial charge in [-0.25, -0.2) is 4.79 Å². The van der Waals surface area contributed by atoms with Crippen molar-refractivity contribution in [3.05, 3.63) is 153 Å². The largest absolute Gasteiger partial charge is 0.508 e. The Morgan fingerprint density at radius 1 is 0.897 bits per heavy atom. The molecule has 0 atom stereocenters. The van der Waals surface area contributed by atoms with Crippen LogP contribution in [-0.2, 0) is 18.2 Å². The summed E-state index contributed by atoms with van der Waals surface area (Å²) in [7, 11) is 1.58. The lowest BCUT2D eigenvalue weighted by molar-refractivity contribution is 0.0697. The summed E-state index contributed by atoms with van der Waals surface area (Å²) in [6.07, 6.45) is 0.596. The molecular formula is C45H40N4O9. The number of hydrogen-bond acceptors (Lipinski definition) is 10. The summed E-state index contributed by atoms with van der Waals surface area (Å²) >= 11 is 0. The summed E-state index contributed by atoms with van der Waals surface area (Å²) in [4.78, 5) is 53.8. The van der Waals surface area contributed by atoms with Crippen molar-refractivity contribution in [1.29, 1.82) is 0 Å². The Kier molecular flexibility index (Phi) is 11.0. The number of carboxylic acid groups (broad SMARTS) is 1. The molecule has 1 aliphatic heterocycles. The normalized spacial score (nSPS) is 11.2. The van der Waals surface area contributed by atoms with Gasteiger partial charge in [0.2, 0.25) is 0 Å². The number of pyridine rings is 1. The molecule has 0 unspecified atom stereocenters. The molecule has 294 valence electrons. The second-order valence-corrected chi connectivity index (χ2v) is 13.6. The molecule has 2 heterocycles. The van der Waals surface area contributed by atoms with Crippen molar-refractivity contribution >= 4 is 45.1 Å². The fraction of sp³-hybridized carbons (Fsp3) is 0.156. The Morgan fingerprint density at radius 2 is 1.67 bits per heavy atom. The standard InChI is InChI=1S/C45H40N4O9/c1-4-27-9-8-12-36-39(27)42(52)41(43(53)48(36)3)44(54)49(29-10-6-5-7-11-29)20-22-57-21-19-46-26(2)47-28-13-16-32(35(23-28)45(55)56)40-33-17-14-30(50)24-37(33)58-38-25-31(51)15-18-34(38)40/h5-18,23-25,46-47,50,52H,2,4,19-22H2,1,3H3,(H,55,56). The number of nitrogens with one attached hydrogen (secondary N) is 2. The smallest absolute Gasteiger partial charge is 0.336 e. The van der Waals surface area contributed by atoms with Crippen molar-refractivity contribution in [3.8, 4) is 33.9 Å². The van der Waals surface area contributed by atoms with E-state index >= 15 is 0 Å².